The van der Waals surface area contributed by atoms with E-state index in [1.165, 1.54) is 19.3 Å². The summed E-state index contributed by atoms with van der Waals surface area (Å²) >= 11 is 0. The van der Waals surface area contributed by atoms with Gasteiger partial charge in [-0.3, -0.25) is 0 Å². The Balaban J connectivity index is 2.27. The fraction of sp³-hybridized carbons (Fsp3) is 0.727. The maximum Gasteiger partial charge on any atom is 0.317 e. The number of urea groups is 1. The number of amides is 2. The maximum atomic E-state index is 11.6. The summed E-state index contributed by atoms with van der Waals surface area (Å²) < 4.78 is 0. The molecule has 0 heterocycles. The van der Waals surface area contributed by atoms with Crippen LogP contribution in [0.1, 0.15) is 32.1 Å². The van der Waals surface area contributed by atoms with Crippen molar-refractivity contribution in [2.45, 2.75) is 38.1 Å². The summed E-state index contributed by atoms with van der Waals surface area (Å²) in [7, 11) is 1.79. The molecule has 0 aromatic rings. The van der Waals surface area contributed by atoms with Crippen molar-refractivity contribution >= 4 is 6.03 Å². The lowest BCUT2D eigenvalue weighted by Crippen LogP contribution is -2.43. The monoisotopic (exact) mass is 196 g/mol. The minimum absolute atomic E-state index is 0.0248. The predicted octanol–water partition coefficient (Wildman–Crippen LogP) is 2.15. The van der Waals surface area contributed by atoms with Gasteiger partial charge < -0.3 is 10.2 Å². The molecule has 0 spiro atoms. The third-order valence-corrected chi connectivity index (χ3v) is 2.68. The molecular weight excluding hydrogens is 176 g/mol. The van der Waals surface area contributed by atoms with E-state index in [-0.39, 0.29) is 6.03 Å². The summed E-state index contributed by atoms with van der Waals surface area (Å²) in [4.78, 5) is 13.2. The van der Waals surface area contributed by atoms with Crippen LogP contribution < -0.4 is 5.32 Å². The molecule has 1 aliphatic carbocycles. The van der Waals surface area contributed by atoms with Crippen molar-refractivity contribution in [1.82, 2.24) is 10.2 Å². The van der Waals surface area contributed by atoms with E-state index in [0.717, 1.165) is 12.8 Å². The second-order valence-corrected chi connectivity index (χ2v) is 3.95. The van der Waals surface area contributed by atoms with Gasteiger partial charge in [0.2, 0.25) is 0 Å². The highest BCUT2D eigenvalue weighted by atomic mass is 16.2. The average Bonchev–Trinajstić information content (AvgIpc) is 2.19. The Hall–Kier alpha value is -0.990. The van der Waals surface area contributed by atoms with Crippen molar-refractivity contribution in [1.29, 1.82) is 0 Å². The van der Waals surface area contributed by atoms with Crippen LogP contribution in [0.4, 0.5) is 4.79 Å². The van der Waals surface area contributed by atoms with Crippen LogP contribution in [0, 0.1) is 0 Å². The van der Waals surface area contributed by atoms with E-state index in [0.29, 0.717) is 12.6 Å². The molecule has 1 aliphatic rings. The molecule has 80 valence electrons. The number of hydrogen-bond donors (Lipinski definition) is 1. The Morgan fingerprint density at radius 2 is 2.14 bits per heavy atom. The fourth-order valence-corrected chi connectivity index (χ4v) is 1.81. The Bertz CT molecular complexity index is 197. The lowest BCUT2D eigenvalue weighted by molar-refractivity contribution is 0.205. The first-order valence-electron chi connectivity index (χ1n) is 5.36. The fourth-order valence-electron chi connectivity index (χ4n) is 1.81. The van der Waals surface area contributed by atoms with Gasteiger partial charge in [-0.2, -0.15) is 0 Å². The van der Waals surface area contributed by atoms with E-state index in [9.17, 15) is 4.79 Å². The van der Waals surface area contributed by atoms with Crippen molar-refractivity contribution < 1.29 is 4.79 Å². The first kappa shape index (κ1) is 11.1. The van der Waals surface area contributed by atoms with Crippen LogP contribution in [-0.2, 0) is 0 Å². The van der Waals surface area contributed by atoms with E-state index in [4.69, 9.17) is 0 Å². The standard InChI is InChI=1S/C11H20N2O/c1-3-9-13(2)11(14)12-10-7-5-4-6-8-10/h3,10H,1,4-9H2,2H3,(H,12,14). The lowest BCUT2D eigenvalue weighted by atomic mass is 9.96. The summed E-state index contributed by atoms with van der Waals surface area (Å²) in [5.74, 6) is 0. The normalized spacial score (nSPS) is 17.5. The largest absolute Gasteiger partial charge is 0.335 e. The number of nitrogens with zero attached hydrogens (tertiary/aromatic N) is 1. The molecule has 3 nitrogen and oxygen atoms in total. The van der Waals surface area contributed by atoms with Gasteiger partial charge in [0.25, 0.3) is 0 Å². The van der Waals surface area contributed by atoms with Gasteiger partial charge in [0.05, 0.1) is 0 Å². The molecule has 2 amide bonds. The van der Waals surface area contributed by atoms with Gasteiger partial charge in [0.15, 0.2) is 0 Å². The number of rotatable bonds is 3. The van der Waals surface area contributed by atoms with E-state index in [1.807, 2.05) is 0 Å². The van der Waals surface area contributed by atoms with Crippen LogP contribution in [-0.4, -0.2) is 30.6 Å². The van der Waals surface area contributed by atoms with Gasteiger partial charge in [-0.05, 0) is 12.8 Å². The summed E-state index contributed by atoms with van der Waals surface area (Å²) in [6, 6.07) is 0.417. The second kappa shape index (κ2) is 5.68. The first-order chi connectivity index (χ1) is 6.74. The number of carbonyl (C=O) groups excluding carboxylic acids is 1. The van der Waals surface area contributed by atoms with Crippen molar-refractivity contribution in [3.05, 3.63) is 12.7 Å². The molecule has 0 aromatic carbocycles. The summed E-state index contributed by atoms with van der Waals surface area (Å²) in [6.07, 6.45) is 7.81. The van der Waals surface area contributed by atoms with E-state index >= 15 is 0 Å². The van der Waals surface area contributed by atoms with Crippen molar-refractivity contribution in [2.24, 2.45) is 0 Å². The van der Waals surface area contributed by atoms with Crippen LogP contribution in [0.3, 0.4) is 0 Å². The molecule has 0 radical (unpaired) electrons. The van der Waals surface area contributed by atoms with Crippen molar-refractivity contribution in [3.63, 3.8) is 0 Å². The van der Waals surface area contributed by atoms with Crippen LogP contribution in [0.2, 0.25) is 0 Å². The van der Waals surface area contributed by atoms with Gasteiger partial charge in [-0.15, -0.1) is 6.58 Å². The second-order valence-electron chi connectivity index (χ2n) is 3.95. The van der Waals surface area contributed by atoms with Crippen molar-refractivity contribution in [2.75, 3.05) is 13.6 Å². The third kappa shape index (κ3) is 3.40. The molecule has 0 bridgehead atoms. The summed E-state index contributed by atoms with van der Waals surface area (Å²) in [6.45, 7) is 4.22. The molecule has 1 N–H and O–H groups in total. The highest BCUT2D eigenvalue weighted by molar-refractivity contribution is 5.74. The summed E-state index contributed by atoms with van der Waals surface area (Å²) in [5, 5.41) is 3.04. The Kier molecular flexibility index (Phi) is 4.50. The minimum atomic E-state index is 0.0248. The summed E-state index contributed by atoms with van der Waals surface area (Å²) in [5.41, 5.74) is 0. The topological polar surface area (TPSA) is 32.3 Å². The lowest BCUT2D eigenvalue weighted by Gasteiger charge is -2.25. The molecule has 1 saturated carbocycles. The van der Waals surface area contributed by atoms with Gasteiger partial charge >= 0.3 is 6.03 Å². The molecule has 0 atom stereocenters. The zero-order chi connectivity index (χ0) is 10.4. The number of likely N-dealkylation sites (N-methyl/N-ethyl adjacent to an activating group) is 1. The molecule has 3 heteroatoms. The van der Waals surface area contributed by atoms with E-state index in [2.05, 4.69) is 11.9 Å². The molecule has 0 saturated heterocycles. The van der Waals surface area contributed by atoms with Crippen LogP contribution in [0.5, 0.6) is 0 Å². The molecule has 1 fully saturated rings. The zero-order valence-corrected chi connectivity index (χ0v) is 8.96. The van der Waals surface area contributed by atoms with E-state index in [1.54, 1.807) is 18.0 Å². The van der Waals surface area contributed by atoms with E-state index < -0.39 is 0 Å². The smallest absolute Gasteiger partial charge is 0.317 e. The minimum Gasteiger partial charge on any atom is -0.335 e. The third-order valence-electron chi connectivity index (χ3n) is 2.68. The SMILES string of the molecule is C=CCN(C)C(=O)NC1CCCCC1. The molecule has 0 aromatic heterocycles. The van der Waals surface area contributed by atoms with Crippen molar-refractivity contribution in [3.8, 4) is 0 Å². The Morgan fingerprint density at radius 3 is 2.71 bits per heavy atom. The van der Waals surface area contributed by atoms with Gasteiger partial charge in [-0.1, -0.05) is 25.3 Å². The number of carbonyl (C=O) groups is 1. The predicted molar refractivity (Wildman–Crippen MR) is 58.2 cm³/mol. The Labute approximate surface area is 86.2 Å². The molecule has 14 heavy (non-hydrogen) atoms. The first-order valence-corrected chi connectivity index (χ1v) is 5.36. The van der Waals surface area contributed by atoms with Gasteiger partial charge in [-0.25, -0.2) is 4.79 Å². The molecular formula is C11H20N2O. The highest BCUT2D eigenvalue weighted by Crippen LogP contribution is 2.17. The quantitative estimate of drug-likeness (QED) is 0.689. The highest BCUT2D eigenvalue weighted by Gasteiger charge is 2.16. The number of nitrogens with one attached hydrogen (secondary N) is 1. The molecule has 1 rings (SSSR count). The maximum absolute atomic E-state index is 11.6. The van der Waals surface area contributed by atoms with Gasteiger partial charge in [0.1, 0.15) is 0 Å². The zero-order valence-electron chi connectivity index (χ0n) is 8.96. The van der Waals surface area contributed by atoms with Gasteiger partial charge in [0, 0.05) is 19.6 Å². The van der Waals surface area contributed by atoms with Crippen LogP contribution in [0.25, 0.3) is 0 Å². The van der Waals surface area contributed by atoms with Crippen LogP contribution >= 0.6 is 0 Å². The average molecular weight is 196 g/mol. The van der Waals surface area contributed by atoms with Crippen LogP contribution in [0.15, 0.2) is 12.7 Å². The molecule has 0 unspecified atom stereocenters. The number of hydrogen-bond acceptors (Lipinski definition) is 1. The Morgan fingerprint density at radius 1 is 1.50 bits per heavy atom. The molecule has 0 aliphatic heterocycles.